The van der Waals surface area contributed by atoms with E-state index in [1.165, 1.54) is 4.90 Å². The average Bonchev–Trinajstić information content (AvgIpc) is 3.61. The first-order valence-electron chi connectivity index (χ1n) is 12.4. The number of fused-ring (bicyclic) bond motifs is 7. The number of hydrogen-bond acceptors (Lipinski definition) is 9. The molecule has 0 spiro atoms. The van der Waals surface area contributed by atoms with Crippen LogP contribution < -0.4 is 9.64 Å². The van der Waals surface area contributed by atoms with E-state index in [0.29, 0.717) is 33.6 Å². The number of ether oxygens (including phenoxy) is 2. The molecule has 2 aromatic heterocycles. The van der Waals surface area contributed by atoms with Crippen LogP contribution in [-0.2, 0) is 14.3 Å². The third-order valence-electron chi connectivity index (χ3n) is 8.33. The van der Waals surface area contributed by atoms with Crippen LogP contribution in [0.5, 0.6) is 5.88 Å². The molecule has 3 aliphatic heterocycles. The first kappa shape index (κ1) is 22.8. The summed E-state index contributed by atoms with van der Waals surface area (Å²) in [7, 11) is 0. The van der Waals surface area contributed by atoms with Gasteiger partial charge >= 0.3 is 0 Å². The van der Waals surface area contributed by atoms with Gasteiger partial charge in [0, 0.05) is 24.4 Å². The maximum absolute atomic E-state index is 14.0. The Kier molecular flexibility index (Phi) is 4.71. The summed E-state index contributed by atoms with van der Waals surface area (Å²) < 4.78 is 17.6. The molecule has 10 heteroatoms. The number of imide groups is 1. The number of aliphatic hydroxyl groups is 1. The predicted molar refractivity (Wildman–Crippen MR) is 133 cm³/mol. The van der Waals surface area contributed by atoms with Gasteiger partial charge in [0.1, 0.15) is 11.7 Å². The number of carbonyl (C=O) groups is 2. The summed E-state index contributed by atoms with van der Waals surface area (Å²) in [4.78, 5) is 33.3. The average molecular weight is 511 g/mol. The third-order valence-corrected chi connectivity index (χ3v) is 8.33. The smallest absolute Gasteiger partial charge is 0.262 e. The molecule has 0 aliphatic carbocycles. The summed E-state index contributed by atoms with van der Waals surface area (Å²) in [5.74, 6) is -2.13. The number of nitriles is 1. The lowest BCUT2D eigenvalue weighted by molar-refractivity contribution is -0.134. The lowest BCUT2D eigenvalue weighted by Crippen LogP contribution is -2.49. The number of amides is 2. The molecule has 2 aromatic carbocycles. The molecular weight excluding hydrogens is 488 g/mol. The first-order chi connectivity index (χ1) is 18.4. The van der Waals surface area contributed by atoms with Gasteiger partial charge in [0.15, 0.2) is 5.58 Å². The number of carbonyl (C=O) groups excluding carboxylic acids is 2. The van der Waals surface area contributed by atoms with Crippen LogP contribution in [0, 0.1) is 23.2 Å². The molecule has 5 heterocycles. The zero-order chi connectivity index (χ0) is 26.2. The standard InChI is InChI=1S/C28H22N4O6/c1-27-20(33)13-28(38-27,10-12-36-24-17-5-2-3-7-19(17)37-31-24)22-21(27)25(34)32(26(22)35)18-9-8-15(14-29)23-16(18)6-4-11-30-23/h2-9,11,20-22,33H,10,12-13H2,1H3/t20-,21-,22+,27?,28?/m1/s1. The Labute approximate surface area is 216 Å². The van der Waals surface area contributed by atoms with Crippen LogP contribution in [0.2, 0.25) is 0 Å². The van der Waals surface area contributed by atoms with E-state index in [-0.39, 0.29) is 19.4 Å². The van der Waals surface area contributed by atoms with Crippen molar-refractivity contribution in [3.05, 3.63) is 60.3 Å². The van der Waals surface area contributed by atoms with Gasteiger partial charge in [0.25, 0.3) is 5.88 Å². The summed E-state index contributed by atoms with van der Waals surface area (Å²) in [5.41, 5.74) is -0.567. The summed E-state index contributed by atoms with van der Waals surface area (Å²) in [5, 5.41) is 25.8. The van der Waals surface area contributed by atoms with Crippen LogP contribution in [0.3, 0.4) is 0 Å². The number of aromatic nitrogens is 2. The maximum Gasteiger partial charge on any atom is 0.262 e. The summed E-state index contributed by atoms with van der Waals surface area (Å²) >= 11 is 0. The van der Waals surface area contributed by atoms with Gasteiger partial charge in [-0.1, -0.05) is 12.1 Å². The molecule has 2 amide bonds. The van der Waals surface area contributed by atoms with E-state index in [0.717, 1.165) is 5.39 Å². The minimum atomic E-state index is -1.21. The highest BCUT2D eigenvalue weighted by molar-refractivity contribution is 6.26. The highest BCUT2D eigenvalue weighted by atomic mass is 16.6. The normalized spacial score (nSPS) is 29.8. The Hall–Kier alpha value is -4.33. The number of benzene rings is 2. The second-order valence-electron chi connectivity index (χ2n) is 10.3. The number of nitrogens with zero attached hydrogens (tertiary/aromatic N) is 4. The Bertz CT molecular complexity index is 1690. The molecule has 3 saturated heterocycles. The molecule has 10 nitrogen and oxygen atoms in total. The Morgan fingerprint density at radius 3 is 2.76 bits per heavy atom. The Morgan fingerprint density at radius 1 is 1.13 bits per heavy atom. The van der Waals surface area contributed by atoms with Crippen molar-refractivity contribution in [2.75, 3.05) is 11.5 Å². The maximum atomic E-state index is 14.0. The predicted octanol–water partition coefficient (Wildman–Crippen LogP) is 3.11. The molecule has 1 N–H and O–H groups in total. The number of hydrogen-bond donors (Lipinski definition) is 1. The van der Waals surface area contributed by atoms with Gasteiger partial charge in [-0.15, -0.1) is 0 Å². The molecule has 2 bridgehead atoms. The highest BCUT2D eigenvalue weighted by Gasteiger charge is 2.77. The van der Waals surface area contributed by atoms with Crippen molar-refractivity contribution in [2.24, 2.45) is 11.8 Å². The number of aliphatic hydroxyl groups excluding tert-OH is 1. The van der Waals surface area contributed by atoms with E-state index in [4.69, 9.17) is 14.0 Å². The topological polar surface area (TPSA) is 139 Å². The largest absolute Gasteiger partial charge is 0.475 e. The van der Waals surface area contributed by atoms with Crippen LogP contribution >= 0.6 is 0 Å². The van der Waals surface area contributed by atoms with Gasteiger partial charge in [-0.2, -0.15) is 5.26 Å². The minimum absolute atomic E-state index is 0.147. The fourth-order valence-corrected chi connectivity index (χ4v) is 6.59. The van der Waals surface area contributed by atoms with Gasteiger partial charge in [0.05, 0.1) is 52.3 Å². The van der Waals surface area contributed by atoms with E-state index in [1.54, 1.807) is 43.5 Å². The number of para-hydroxylation sites is 1. The van der Waals surface area contributed by atoms with Crippen molar-refractivity contribution < 1.29 is 28.7 Å². The van der Waals surface area contributed by atoms with Crippen molar-refractivity contribution in [3.63, 3.8) is 0 Å². The summed E-state index contributed by atoms with van der Waals surface area (Å²) in [6.07, 6.45) is 1.11. The van der Waals surface area contributed by atoms with Crippen molar-refractivity contribution in [1.82, 2.24) is 10.1 Å². The zero-order valence-corrected chi connectivity index (χ0v) is 20.3. The molecule has 0 saturated carbocycles. The van der Waals surface area contributed by atoms with Crippen molar-refractivity contribution in [1.29, 1.82) is 5.26 Å². The number of pyridine rings is 1. The molecule has 4 aromatic rings. The van der Waals surface area contributed by atoms with Crippen molar-refractivity contribution in [3.8, 4) is 11.9 Å². The van der Waals surface area contributed by atoms with Gasteiger partial charge < -0.3 is 19.1 Å². The van der Waals surface area contributed by atoms with Gasteiger partial charge in [-0.25, -0.2) is 4.90 Å². The molecule has 38 heavy (non-hydrogen) atoms. The van der Waals surface area contributed by atoms with Crippen LogP contribution in [-0.4, -0.2) is 51.0 Å². The van der Waals surface area contributed by atoms with Gasteiger partial charge in [-0.05, 0) is 48.5 Å². The lowest BCUT2D eigenvalue weighted by atomic mass is 9.66. The van der Waals surface area contributed by atoms with E-state index in [2.05, 4.69) is 16.2 Å². The zero-order valence-electron chi connectivity index (χ0n) is 20.3. The lowest BCUT2D eigenvalue weighted by Gasteiger charge is -2.33. The number of anilines is 1. The Morgan fingerprint density at radius 2 is 1.92 bits per heavy atom. The highest BCUT2D eigenvalue weighted by Crippen LogP contribution is 2.62. The molecule has 3 fully saturated rings. The number of rotatable bonds is 5. The van der Waals surface area contributed by atoms with E-state index < -0.39 is 41.0 Å². The van der Waals surface area contributed by atoms with Crippen LogP contribution in [0.25, 0.3) is 21.9 Å². The summed E-state index contributed by atoms with van der Waals surface area (Å²) in [6, 6.07) is 16.0. The second-order valence-corrected chi connectivity index (χ2v) is 10.3. The molecule has 3 aliphatic rings. The molecule has 5 atom stereocenters. The van der Waals surface area contributed by atoms with Crippen LogP contribution in [0.1, 0.15) is 25.3 Å². The third kappa shape index (κ3) is 2.88. The Balaban J connectivity index is 1.23. The van der Waals surface area contributed by atoms with E-state index in [1.807, 2.05) is 18.2 Å². The minimum Gasteiger partial charge on any atom is -0.475 e. The quantitative estimate of drug-likeness (QED) is 0.401. The van der Waals surface area contributed by atoms with E-state index in [9.17, 15) is 20.0 Å². The van der Waals surface area contributed by atoms with Crippen molar-refractivity contribution in [2.45, 2.75) is 37.1 Å². The molecular formula is C28H22N4O6. The molecule has 2 unspecified atom stereocenters. The first-order valence-corrected chi connectivity index (χ1v) is 12.4. The van der Waals surface area contributed by atoms with Crippen molar-refractivity contribution >= 4 is 39.4 Å². The molecule has 7 rings (SSSR count). The SMILES string of the molecule is CC12OC(CCOc3noc4ccccc34)(C[C@H]1O)[C@@H]1C(=O)N(c3ccc(C#N)c4ncccc34)C(=O)[C@@H]12. The van der Waals surface area contributed by atoms with Gasteiger partial charge in [0.2, 0.25) is 11.8 Å². The fraction of sp³-hybridized carbons (Fsp3) is 0.321. The fourth-order valence-electron chi connectivity index (χ4n) is 6.59. The molecule has 0 radical (unpaired) electrons. The molecule has 190 valence electrons. The summed E-state index contributed by atoms with van der Waals surface area (Å²) in [6.45, 7) is 1.84. The van der Waals surface area contributed by atoms with Crippen LogP contribution in [0.4, 0.5) is 5.69 Å². The second kappa shape index (κ2) is 7.84. The monoisotopic (exact) mass is 510 g/mol. The van der Waals surface area contributed by atoms with Gasteiger partial charge in [-0.3, -0.25) is 14.6 Å². The van der Waals surface area contributed by atoms with E-state index >= 15 is 0 Å². The van der Waals surface area contributed by atoms with Crippen LogP contribution in [0.15, 0.2) is 59.3 Å².